The number of benzene rings is 1. The summed E-state index contributed by atoms with van der Waals surface area (Å²) in [5.74, 6) is -3.17. The van der Waals surface area contributed by atoms with E-state index in [4.69, 9.17) is 0 Å². The Labute approximate surface area is 98.3 Å². The second kappa shape index (κ2) is 3.95. The van der Waals surface area contributed by atoms with E-state index in [9.17, 15) is 13.6 Å². The van der Waals surface area contributed by atoms with Gasteiger partial charge in [0.1, 0.15) is 0 Å². The standard InChI is InChI=1S/C13H13F2NO/c1-2-11(17)16-9-12(8-13(12,14)15)10-6-4-3-5-7-10/h2-7H,1,8-9H2,(H,16,17). The molecule has 1 atom stereocenters. The lowest BCUT2D eigenvalue weighted by atomic mass is 9.95. The molecule has 90 valence electrons. The van der Waals surface area contributed by atoms with Crippen LogP contribution in [0.25, 0.3) is 0 Å². The summed E-state index contributed by atoms with van der Waals surface area (Å²) >= 11 is 0. The SMILES string of the molecule is C=CC(=O)NCC1(c2ccccc2)CC1(F)F. The Morgan fingerprint density at radius 2 is 2.00 bits per heavy atom. The fourth-order valence-corrected chi connectivity index (χ4v) is 2.01. The molecule has 1 aromatic carbocycles. The average molecular weight is 237 g/mol. The second-order valence-corrected chi connectivity index (χ2v) is 4.25. The molecule has 0 heterocycles. The van der Waals surface area contributed by atoms with Gasteiger partial charge in [0.2, 0.25) is 5.91 Å². The molecule has 1 fully saturated rings. The van der Waals surface area contributed by atoms with Crippen molar-refractivity contribution in [2.24, 2.45) is 0 Å². The lowest BCUT2D eigenvalue weighted by Crippen LogP contribution is -2.34. The van der Waals surface area contributed by atoms with E-state index in [1.807, 2.05) is 0 Å². The maximum Gasteiger partial charge on any atom is 0.260 e. The summed E-state index contributed by atoms with van der Waals surface area (Å²) in [6.07, 6.45) is 0.862. The average Bonchev–Trinajstić information content (AvgIpc) is 2.91. The molecule has 1 unspecified atom stereocenters. The van der Waals surface area contributed by atoms with E-state index in [2.05, 4.69) is 11.9 Å². The zero-order valence-corrected chi connectivity index (χ0v) is 9.25. The first-order valence-corrected chi connectivity index (χ1v) is 5.35. The minimum atomic E-state index is -2.75. The summed E-state index contributed by atoms with van der Waals surface area (Å²) in [5.41, 5.74) is -0.679. The molecule has 0 bridgehead atoms. The van der Waals surface area contributed by atoms with Crippen LogP contribution in [0.3, 0.4) is 0 Å². The summed E-state index contributed by atoms with van der Waals surface area (Å²) in [6, 6.07) is 8.56. The molecule has 1 saturated carbocycles. The Hall–Kier alpha value is -1.71. The topological polar surface area (TPSA) is 29.1 Å². The Morgan fingerprint density at radius 3 is 2.47 bits per heavy atom. The van der Waals surface area contributed by atoms with Crippen LogP contribution in [0.1, 0.15) is 12.0 Å². The molecule has 2 rings (SSSR count). The maximum absolute atomic E-state index is 13.5. The molecule has 1 amide bonds. The number of rotatable bonds is 4. The van der Waals surface area contributed by atoms with Crippen molar-refractivity contribution in [3.63, 3.8) is 0 Å². The van der Waals surface area contributed by atoms with Gasteiger partial charge in [0.15, 0.2) is 0 Å². The third kappa shape index (κ3) is 1.95. The summed E-state index contributed by atoms with van der Waals surface area (Å²) in [7, 11) is 0. The van der Waals surface area contributed by atoms with E-state index in [0.717, 1.165) is 6.08 Å². The van der Waals surface area contributed by atoms with Gasteiger partial charge in [-0.2, -0.15) is 0 Å². The lowest BCUT2D eigenvalue weighted by molar-refractivity contribution is -0.116. The fraction of sp³-hybridized carbons (Fsp3) is 0.308. The molecule has 0 radical (unpaired) electrons. The van der Waals surface area contributed by atoms with Crippen LogP contribution in [0, 0.1) is 0 Å². The predicted molar refractivity (Wildman–Crippen MR) is 60.9 cm³/mol. The van der Waals surface area contributed by atoms with Crippen LogP contribution in [0.2, 0.25) is 0 Å². The first kappa shape index (κ1) is 11.8. The molecule has 1 aliphatic carbocycles. The van der Waals surface area contributed by atoms with Gasteiger partial charge in [0.25, 0.3) is 5.92 Å². The predicted octanol–water partition coefficient (Wildman–Crippen LogP) is 2.27. The molecule has 4 heteroatoms. The zero-order valence-electron chi connectivity index (χ0n) is 9.25. The van der Waals surface area contributed by atoms with E-state index in [-0.39, 0.29) is 13.0 Å². The van der Waals surface area contributed by atoms with Crippen molar-refractivity contribution in [1.29, 1.82) is 0 Å². The Morgan fingerprint density at radius 1 is 1.41 bits per heavy atom. The van der Waals surface area contributed by atoms with Gasteiger partial charge in [-0.05, 0) is 11.6 Å². The van der Waals surface area contributed by atoms with E-state index in [1.165, 1.54) is 0 Å². The van der Waals surface area contributed by atoms with Crippen molar-refractivity contribution in [1.82, 2.24) is 5.32 Å². The Balaban J connectivity index is 2.19. The number of carbonyl (C=O) groups is 1. The maximum atomic E-state index is 13.5. The van der Waals surface area contributed by atoms with Crippen molar-refractivity contribution >= 4 is 5.91 Å². The largest absolute Gasteiger partial charge is 0.351 e. The van der Waals surface area contributed by atoms with Crippen molar-refractivity contribution in [3.8, 4) is 0 Å². The summed E-state index contributed by atoms with van der Waals surface area (Å²) in [6.45, 7) is 3.23. The summed E-state index contributed by atoms with van der Waals surface area (Å²) in [5, 5.41) is 2.45. The van der Waals surface area contributed by atoms with Crippen LogP contribution in [0.5, 0.6) is 0 Å². The van der Waals surface area contributed by atoms with Crippen molar-refractivity contribution in [2.45, 2.75) is 17.8 Å². The van der Waals surface area contributed by atoms with Crippen LogP contribution in [-0.4, -0.2) is 18.4 Å². The van der Waals surface area contributed by atoms with E-state index < -0.39 is 17.2 Å². The molecule has 2 nitrogen and oxygen atoms in total. The Bertz CT molecular complexity index is 444. The van der Waals surface area contributed by atoms with Gasteiger partial charge in [0, 0.05) is 13.0 Å². The summed E-state index contributed by atoms with van der Waals surface area (Å²) < 4.78 is 27.0. The number of hydrogen-bond donors (Lipinski definition) is 1. The van der Waals surface area contributed by atoms with Crippen LogP contribution in [0.4, 0.5) is 8.78 Å². The minimum absolute atomic E-state index is 0.0606. The van der Waals surface area contributed by atoms with E-state index in [1.54, 1.807) is 30.3 Å². The normalized spacial score (nSPS) is 25.1. The smallest absolute Gasteiger partial charge is 0.260 e. The first-order valence-electron chi connectivity index (χ1n) is 5.35. The van der Waals surface area contributed by atoms with Gasteiger partial charge in [-0.3, -0.25) is 4.79 Å². The highest BCUT2D eigenvalue weighted by Crippen LogP contribution is 2.61. The van der Waals surface area contributed by atoms with Gasteiger partial charge in [-0.15, -0.1) is 0 Å². The highest BCUT2D eigenvalue weighted by atomic mass is 19.3. The molecular formula is C13H13F2NO. The van der Waals surface area contributed by atoms with Crippen LogP contribution in [-0.2, 0) is 10.2 Å². The molecule has 1 aliphatic rings. The minimum Gasteiger partial charge on any atom is -0.351 e. The van der Waals surface area contributed by atoms with Gasteiger partial charge in [-0.25, -0.2) is 8.78 Å². The van der Waals surface area contributed by atoms with Gasteiger partial charge in [-0.1, -0.05) is 36.9 Å². The van der Waals surface area contributed by atoms with Crippen molar-refractivity contribution in [3.05, 3.63) is 48.6 Å². The summed E-state index contributed by atoms with van der Waals surface area (Å²) in [4.78, 5) is 11.1. The van der Waals surface area contributed by atoms with Crippen molar-refractivity contribution in [2.75, 3.05) is 6.54 Å². The number of hydrogen-bond acceptors (Lipinski definition) is 1. The Kier molecular flexibility index (Phi) is 2.73. The lowest BCUT2D eigenvalue weighted by Gasteiger charge is -2.17. The highest BCUT2D eigenvalue weighted by molar-refractivity contribution is 5.87. The van der Waals surface area contributed by atoms with Crippen LogP contribution in [0.15, 0.2) is 43.0 Å². The number of carbonyl (C=O) groups excluding carboxylic acids is 1. The quantitative estimate of drug-likeness (QED) is 0.800. The van der Waals surface area contributed by atoms with Gasteiger partial charge in [0.05, 0.1) is 5.41 Å². The molecule has 0 saturated heterocycles. The molecule has 17 heavy (non-hydrogen) atoms. The fourth-order valence-electron chi connectivity index (χ4n) is 2.01. The zero-order chi connectivity index (χ0) is 12.5. The third-order valence-electron chi connectivity index (χ3n) is 3.18. The monoisotopic (exact) mass is 237 g/mol. The van der Waals surface area contributed by atoms with Gasteiger partial charge >= 0.3 is 0 Å². The van der Waals surface area contributed by atoms with Crippen LogP contribution >= 0.6 is 0 Å². The van der Waals surface area contributed by atoms with E-state index in [0.29, 0.717) is 5.56 Å². The molecule has 1 aromatic rings. The number of amides is 1. The van der Waals surface area contributed by atoms with Crippen molar-refractivity contribution < 1.29 is 13.6 Å². The van der Waals surface area contributed by atoms with E-state index >= 15 is 0 Å². The van der Waals surface area contributed by atoms with Gasteiger partial charge < -0.3 is 5.32 Å². The molecule has 0 spiro atoms. The first-order chi connectivity index (χ1) is 8.02. The molecule has 1 N–H and O–H groups in total. The number of alkyl halides is 2. The number of nitrogens with one attached hydrogen (secondary N) is 1. The molecular weight excluding hydrogens is 224 g/mol. The molecule has 0 aliphatic heterocycles. The molecule has 0 aromatic heterocycles. The second-order valence-electron chi connectivity index (χ2n) is 4.25. The van der Waals surface area contributed by atoms with Crippen LogP contribution < -0.4 is 5.32 Å². The third-order valence-corrected chi connectivity index (χ3v) is 3.18. The number of halogens is 2. The highest BCUT2D eigenvalue weighted by Gasteiger charge is 2.71.